The van der Waals surface area contributed by atoms with Gasteiger partial charge in [-0.3, -0.25) is 0 Å². The van der Waals surface area contributed by atoms with E-state index in [2.05, 4.69) is 255 Å². The summed E-state index contributed by atoms with van der Waals surface area (Å²) in [4.78, 5) is 88.0. The molecule has 0 fully saturated rings. The fourth-order valence-corrected chi connectivity index (χ4v) is 19.6. The zero-order chi connectivity index (χ0) is 79.7. The van der Waals surface area contributed by atoms with Crippen molar-refractivity contribution in [1.29, 1.82) is 0 Å². The molecule has 0 aliphatic rings. The summed E-state index contributed by atoms with van der Waals surface area (Å²) in [5, 5.41) is 13.3. The van der Waals surface area contributed by atoms with Crippen LogP contribution in [0.4, 0.5) is 68.2 Å². The standard InChI is InChI=1S/C96H78N20/c1-47-21-63-31-97-39-105-81(63)55(9)89(47)113(90-48(2)22-64-32-98-40-106-82(64)56(90)10)75-29-76(114(91-49(3)23-65-33-99-41-107-83(65)57(91)11)92-50(4)24-66-34-100-42-108-84(66)58(92)12)72-19-20-74-78(116(95-53(7)27-69-37-103-45-111-87(69)61(95)15)96-54(8)28-70-38-104-46-112-88(70)62(96)16)30-77(73-18-17-71(75)79(72)80(73)74)115(93-51(5)25-67-35-101-43-109-85(67)59(93)13)94-52(6)26-68-36-102-44-110-86(68)60(94)14/h17-46H,1-16H3. The van der Waals surface area contributed by atoms with Crippen LogP contribution in [0.15, 0.2) is 185 Å². The Balaban J connectivity index is 1.06. The van der Waals surface area contributed by atoms with Gasteiger partial charge in [-0.2, -0.15) is 0 Å². The molecule has 0 spiro atoms. The first-order chi connectivity index (χ1) is 56.2. The van der Waals surface area contributed by atoms with Crippen molar-refractivity contribution >= 4 is 188 Å². The smallest absolute Gasteiger partial charge is 0.116 e. The van der Waals surface area contributed by atoms with Gasteiger partial charge in [0.2, 0.25) is 0 Å². The van der Waals surface area contributed by atoms with E-state index in [1.807, 2.05) is 49.6 Å². The summed E-state index contributed by atoms with van der Waals surface area (Å²) in [6, 6.07) is 32.2. The lowest BCUT2D eigenvalue weighted by Crippen LogP contribution is -2.21. The van der Waals surface area contributed by atoms with Crippen molar-refractivity contribution in [1.82, 2.24) is 79.7 Å². The maximum atomic E-state index is 5.13. The quantitative estimate of drug-likeness (QED) is 0.104. The van der Waals surface area contributed by atoms with Crippen LogP contribution in [0.5, 0.6) is 0 Å². The Morgan fingerprint density at radius 3 is 0.457 bits per heavy atom. The van der Waals surface area contributed by atoms with Crippen LogP contribution >= 0.6 is 0 Å². The molecule has 0 radical (unpaired) electrons. The number of rotatable bonds is 12. The Kier molecular flexibility index (Phi) is 16.2. The largest absolute Gasteiger partial charge is 0.309 e. The highest BCUT2D eigenvalue weighted by molar-refractivity contribution is 6.34. The fourth-order valence-electron chi connectivity index (χ4n) is 19.6. The maximum Gasteiger partial charge on any atom is 0.116 e. The zero-order valence-corrected chi connectivity index (χ0v) is 67.3. The lowest BCUT2D eigenvalue weighted by atomic mass is 9.87. The molecule has 8 heterocycles. The van der Waals surface area contributed by atoms with Crippen LogP contribution in [0.3, 0.4) is 0 Å². The molecule has 0 unspecified atom stereocenters. The number of benzene rings is 12. The van der Waals surface area contributed by atoms with Crippen molar-refractivity contribution < 1.29 is 0 Å². The third-order valence-electron chi connectivity index (χ3n) is 24.1. The number of nitrogens with zero attached hydrogens (tertiary/aromatic N) is 20. The van der Waals surface area contributed by atoms with E-state index in [1.54, 1.807) is 50.6 Å². The highest BCUT2D eigenvalue weighted by Crippen LogP contribution is 2.60. The van der Waals surface area contributed by atoms with Crippen LogP contribution in [-0.2, 0) is 0 Å². The van der Waals surface area contributed by atoms with Crippen LogP contribution in [0.25, 0.3) is 120 Å². The number of aromatic nitrogens is 16. The molecule has 562 valence electrons. The second-order valence-electron chi connectivity index (χ2n) is 31.3. The average molecular weight is 1510 g/mol. The molecular formula is C96H78N20. The van der Waals surface area contributed by atoms with Crippen molar-refractivity contribution in [3.63, 3.8) is 0 Å². The van der Waals surface area contributed by atoms with E-state index in [0.717, 1.165) is 277 Å². The molecule has 0 saturated heterocycles. The summed E-state index contributed by atoms with van der Waals surface area (Å²) in [5.41, 5.74) is 33.8. The Hall–Kier alpha value is -14.4. The molecule has 0 saturated carbocycles. The monoisotopic (exact) mass is 1510 g/mol. The summed E-state index contributed by atoms with van der Waals surface area (Å²) in [6.07, 6.45) is 28.6. The molecule has 12 aromatic carbocycles. The Labute approximate surface area is 668 Å². The van der Waals surface area contributed by atoms with E-state index >= 15 is 0 Å². The van der Waals surface area contributed by atoms with E-state index in [-0.39, 0.29) is 0 Å². The van der Waals surface area contributed by atoms with Gasteiger partial charge < -0.3 is 19.6 Å². The van der Waals surface area contributed by atoms with E-state index in [4.69, 9.17) is 39.9 Å². The second kappa shape index (κ2) is 26.6. The lowest BCUT2D eigenvalue weighted by Gasteiger charge is -2.38. The molecule has 0 N–H and O–H groups in total. The number of anilines is 12. The number of hydrogen-bond donors (Lipinski definition) is 0. The molecule has 0 aliphatic heterocycles. The number of hydrogen-bond acceptors (Lipinski definition) is 20. The minimum absolute atomic E-state index is 0.833. The van der Waals surface area contributed by atoms with Gasteiger partial charge in [0.1, 0.15) is 50.6 Å². The van der Waals surface area contributed by atoms with Crippen LogP contribution in [0, 0.1) is 111 Å². The third kappa shape index (κ3) is 10.5. The second-order valence-corrected chi connectivity index (χ2v) is 31.3. The van der Waals surface area contributed by atoms with Gasteiger partial charge in [-0.25, -0.2) is 79.7 Å². The van der Waals surface area contributed by atoms with Crippen LogP contribution in [-0.4, -0.2) is 79.7 Å². The van der Waals surface area contributed by atoms with E-state index in [9.17, 15) is 0 Å². The molecular weight excluding hydrogens is 1430 g/mol. The summed E-state index contributed by atoms with van der Waals surface area (Å²) >= 11 is 0. The van der Waals surface area contributed by atoms with Crippen molar-refractivity contribution in [2.75, 3.05) is 19.6 Å². The molecule has 20 rings (SSSR count). The lowest BCUT2D eigenvalue weighted by molar-refractivity contribution is 1.15. The minimum atomic E-state index is 0.833. The van der Waals surface area contributed by atoms with Crippen molar-refractivity contribution in [3.05, 3.63) is 274 Å². The van der Waals surface area contributed by atoms with Gasteiger partial charge in [-0.1, -0.05) is 24.3 Å². The zero-order valence-electron chi connectivity index (χ0n) is 67.3. The molecule has 20 heteroatoms. The number of fused-ring (bicyclic) bond motifs is 8. The summed E-state index contributed by atoms with van der Waals surface area (Å²) < 4.78 is 0. The Morgan fingerprint density at radius 2 is 0.319 bits per heavy atom. The highest BCUT2D eigenvalue weighted by Gasteiger charge is 2.37. The molecule has 116 heavy (non-hydrogen) atoms. The SMILES string of the molecule is Cc1cc2cncnc2c(C)c1N(c1c(C)cc2cncnc2c1C)c1cc(N(c2c(C)cc3cncnc3c2C)c2c(C)cc3cncnc3c2C)c2ccc3c(N(c4c(C)cc5cncnc5c4C)c4c(C)cc5cncnc5c4C)cc(N(c4c(C)cc5cncnc5c4C)c4c(C)cc5cncnc5c4C)c4ccc1c2c43. The van der Waals surface area contributed by atoms with Crippen molar-refractivity contribution in [2.24, 2.45) is 0 Å². The molecule has 0 amide bonds. The molecule has 0 atom stereocenters. The molecule has 20 aromatic rings. The van der Waals surface area contributed by atoms with Gasteiger partial charge in [0.05, 0.1) is 112 Å². The summed E-state index contributed by atoms with van der Waals surface area (Å²) in [5.74, 6) is 0. The first-order valence-corrected chi connectivity index (χ1v) is 38.8. The van der Waals surface area contributed by atoms with Gasteiger partial charge in [-0.15, -0.1) is 0 Å². The Bertz CT molecular complexity index is 6410. The van der Waals surface area contributed by atoms with Crippen LogP contribution < -0.4 is 19.6 Å². The van der Waals surface area contributed by atoms with Crippen molar-refractivity contribution in [3.8, 4) is 0 Å². The van der Waals surface area contributed by atoms with Gasteiger partial charge >= 0.3 is 0 Å². The van der Waals surface area contributed by atoms with Crippen LogP contribution in [0.1, 0.15) is 89.0 Å². The van der Waals surface area contributed by atoms with Crippen molar-refractivity contribution in [2.45, 2.75) is 111 Å². The third-order valence-corrected chi connectivity index (χ3v) is 24.1. The first-order valence-electron chi connectivity index (χ1n) is 38.8. The first kappa shape index (κ1) is 70.7. The summed E-state index contributed by atoms with van der Waals surface area (Å²) in [6.45, 7) is 35.3. The van der Waals surface area contributed by atoms with Gasteiger partial charge in [0.25, 0.3) is 0 Å². The number of aryl methyl sites for hydroxylation is 16. The van der Waals surface area contributed by atoms with E-state index < -0.39 is 0 Å². The average Bonchev–Trinajstić information content (AvgIpc) is 0.689. The van der Waals surface area contributed by atoms with Gasteiger partial charge in [0, 0.05) is 125 Å². The molecule has 20 nitrogen and oxygen atoms in total. The molecule has 8 aromatic heterocycles. The predicted molar refractivity (Wildman–Crippen MR) is 469 cm³/mol. The molecule has 0 aliphatic carbocycles. The predicted octanol–water partition coefficient (Wildman–Crippen LogP) is 22.9. The Morgan fingerprint density at radius 1 is 0.181 bits per heavy atom. The fraction of sp³-hybridized carbons (Fsp3) is 0.167. The summed E-state index contributed by atoms with van der Waals surface area (Å²) in [7, 11) is 0. The van der Waals surface area contributed by atoms with E-state index in [1.165, 1.54) is 0 Å². The van der Waals surface area contributed by atoms with Crippen LogP contribution in [0.2, 0.25) is 0 Å². The van der Waals surface area contributed by atoms with E-state index in [0.29, 0.717) is 0 Å². The maximum absolute atomic E-state index is 5.13. The molecule has 0 bridgehead atoms. The van der Waals surface area contributed by atoms with Gasteiger partial charge in [0.15, 0.2) is 0 Å². The topological polar surface area (TPSA) is 219 Å². The highest BCUT2D eigenvalue weighted by atomic mass is 15.2. The van der Waals surface area contributed by atoms with Gasteiger partial charge in [-0.05, 0) is 260 Å². The normalized spacial score (nSPS) is 12.0. The minimum Gasteiger partial charge on any atom is -0.309 e.